The van der Waals surface area contributed by atoms with E-state index in [-0.39, 0.29) is 18.9 Å². The maximum atomic E-state index is 13.2. The van der Waals surface area contributed by atoms with Crippen molar-refractivity contribution in [2.24, 2.45) is 0 Å². The van der Waals surface area contributed by atoms with Gasteiger partial charge < -0.3 is 65.1 Å². The largest absolute Gasteiger partial charge is 0.394 e. The highest BCUT2D eigenvalue weighted by molar-refractivity contribution is 5.76. The fourth-order valence-electron chi connectivity index (χ4n) is 9.13. The number of hydrogen-bond donors (Lipinski definition) is 9. The summed E-state index contributed by atoms with van der Waals surface area (Å²) in [6.07, 6.45) is 29.4. The van der Waals surface area contributed by atoms with Gasteiger partial charge >= 0.3 is 0 Å². The summed E-state index contributed by atoms with van der Waals surface area (Å²) in [5.41, 5.74) is 0. The third-order valence-electron chi connectivity index (χ3n) is 13.6. The Hall–Kier alpha value is -1.53. The lowest BCUT2D eigenvalue weighted by molar-refractivity contribution is -0.359. The number of unbranched alkanes of at least 4 members (excludes halogenated alkanes) is 28. The summed E-state index contributed by atoms with van der Waals surface area (Å²) in [5, 5.41) is 86.8. The van der Waals surface area contributed by atoms with Gasteiger partial charge in [0, 0.05) is 6.42 Å². The normalized spacial score (nSPS) is 26.5. The molecule has 0 radical (unpaired) electrons. The Balaban J connectivity index is 1.77. The first-order valence-corrected chi connectivity index (χ1v) is 27.6. The molecule has 0 aromatic carbocycles. The Bertz CT molecular complexity index is 1240. The molecule has 2 aliphatic rings. The molecule has 12 atom stereocenters. The smallest absolute Gasteiger partial charge is 0.220 e. The molecule has 0 aromatic rings. The lowest BCUT2D eigenvalue weighted by atomic mass is 9.97. The van der Waals surface area contributed by atoms with Gasteiger partial charge in [-0.05, 0) is 32.1 Å². The molecule has 0 bridgehead atoms. The van der Waals surface area contributed by atoms with Gasteiger partial charge in [-0.3, -0.25) is 4.79 Å². The Morgan fingerprint density at radius 3 is 1.44 bits per heavy atom. The molecule has 2 aliphatic heterocycles. The Morgan fingerprint density at radius 2 is 0.941 bits per heavy atom. The van der Waals surface area contributed by atoms with E-state index < -0.39 is 86.8 Å². The molecule has 0 spiro atoms. The second-order valence-electron chi connectivity index (χ2n) is 19.7. The average Bonchev–Trinajstić information content (AvgIpc) is 3.34. The number of amides is 1. The van der Waals surface area contributed by atoms with Crippen molar-refractivity contribution in [3.63, 3.8) is 0 Å². The number of allylic oxidation sites excluding steroid dienone is 3. The Labute approximate surface area is 411 Å². The van der Waals surface area contributed by atoms with Crippen molar-refractivity contribution in [3.8, 4) is 0 Å². The summed E-state index contributed by atoms with van der Waals surface area (Å²) in [4.78, 5) is 13.2. The first-order valence-electron chi connectivity index (χ1n) is 27.6. The zero-order valence-electron chi connectivity index (χ0n) is 42.6. The number of rotatable bonds is 43. The van der Waals surface area contributed by atoms with E-state index in [4.69, 9.17) is 18.9 Å². The fourth-order valence-corrected chi connectivity index (χ4v) is 9.13. The molecule has 14 nitrogen and oxygen atoms in total. The minimum Gasteiger partial charge on any atom is -0.394 e. The Kier molecular flexibility index (Phi) is 37.7. The standard InChI is InChI=1S/C54H101NO13/c1-3-5-7-9-11-13-15-17-18-19-20-21-22-23-24-25-26-28-30-32-34-36-38-46(59)55-42(43(58)37-35-33-31-29-27-16-14-12-10-8-6-4-2)41-65-53-51(64)49(62)52(45(40-57)67-53)68-54-50(63)48(61)47(60)44(39-56)66-54/h27,29,35,37,42-45,47-54,56-58,60-64H,3-26,28,30-34,36,38-41H2,1-2H3,(H,55,59)/b29-27+,37-35+. The van der Waals surface area contributed by atoms with E-state index in [2.05, 4.69) is 31.3 Å². The van der Waals surface area contributed by atoms with Crippen LogP contribution in [-0.4, -0.2) is 140 Å². The predicted molar refractivity (Wildman–Crippen MR) is 268 cm³/mol. The van der Waals surface area contributed by atoms with E-state index in [9.17, 15) is 45.6 Å². The summed E-state index contributed by atoms with van der Waals surface area (Å²) in [7, 11) is 0. The van der Waals surface area contributed by atoms with E-state index >= 15 is 0 Å². The van der Waals surface area contributed by atoms with E-state index in [0.29, 0.717) is 12.8 Å². The van der Waals surface area contributed by atoms with E-state index in [1.54, 1.807) is 6.08 Å². The molecule has 2 rings (SSSR count). The summed E-state index contributed by atoms with van der Waals surface area (Å²) in [6.45, 7) is 2.77. The SMILES string of the molecule is CCCCCCCC/C=C/CC/C=C/C(O)C(COC1OC(CO)C(OC2OC(CO)C(O)C(O)C2O)C(O)C1O)NC(=O)CCCCCCCCCCCCCCCCCCCCCCCC. The molecule has 400 valence electrons. The van der Waals surface area contributed by atoms with Gasteiger partial charge in [0.25, 0.3) is 0 Å². The molecular formula is C54H101NO13. The van der Waals surface area contributed by atoms with Crippen molar-refractivity contribution < 1.29 is 64.6 Å². The van der Waals surface area contributed by atoms with Crippen molar-refractivity contribution in [1.29, 1.82) is 0 Å². The van der Waals surface area contributed by atoms with Crippen molar-refractivity contribution in [1.82, 2.24) is 5.32 Å². The number of nitrogens with one attached hydrogen (secondary N) is 1. The third kappa shape index (κ3) is 27.3. The molecule has 0 aromatic heterocycles. The predicted octanol–water partition coefficient (Wildman–Crippen LogP) is 8.11. The van der Waals surface area contributed by atoms with Gasteiger partial charge in [0.15, 0.2) is 12.6 Å². The highest BCUT2D eigenvalue weighted by Crippen LogP contribution is 2.30. The summed E-state index contributed by atoms with van der Waals surface area (Å²) < 4.78 is 22.7. The highest BCUT2D eigenvalue weighted by atomic mass is 16.7. The van der Waals surface area contributed by atoms with Crippen LogP contribution in [0.2, 0.25) is 0 Å². The number of aliphatic hydroxyl groups excluding tert-OH is 8. The maximum Gasteiger partial charge on any atom is 0.220 e. The molecule has 2 heterocycles. The van der Waals surface area contributed by atoms with Crippen LogP contribution in [0.3, 0.4) is 0 Å². The van der Waals surface area contributed by atoms with Gasteiger partial charge in [0.1, 0.15) is 48.8 Å². The topological polar surface area (TPSA) is 228 Å². The van der Waals surface area contributed by atoms with Crippen molar-refractivity contribution >= 4 is 5.91 Å². The van der Waals surface area contributed by atoms with Gasteiger partial charge in [-0.25, -0.2) is 0 Å². The zero-order chi connectivity index (χ0) is 49.6. The van der Waals surface area contributed by atoms with Gasteiger partial charge in [0.05, 0.1) is 32.0 Å². The molecule has 9 N–H and O–H groups in total. The van der Waals surface area contributed by atoms with Gasteiger partial charge in [-0.1, -0.05) is 205 Å². The minimum atomic E-state index is -1.79. The van der Waals surface area contributed by atoms with Crippen LogP contribution in [-0.2, 0) is 23.7 Å². The van der Waals surface area contributed by atoms with Gasteiger partial charge in [-0.2, -0.15) is 0 Å². The van der Waals surface area contributed by atoms with Crippen LogP contribution in [0.4, 0.5) is 0 Å². The maximum absolute atomic E-state index is 13.2. The molecule has 12 unspecified atom stereocenters. The summed E-state index contributed by atoms with van der Waals surface area (Å²) in [6, 6.07) is -0.926. The lowest BCUT2D eigenvalue weighted by Gasteiger charge is -2.46. The summed E-state index contributed by atoms with van der Waals surface area (Å²) >= 11 is 0. The second-order valence-corrected chi connectivity index (χ2v) is 19.7. The monoisotopic (exact) mass is 972 g/mol. The van der Waals surface area contributed by atoms with Crippen LogP contribution < -0.4 is 5.32 Å². The molecule has 14 heteroatoms. The second kappa shape index (κ2) is 41.0. The lowest BCUT2D eigenvalue weighted by Crippen LogP contribution is -2.65. The van der Waals surface area contributed by atoms with Gasteiger partial charge in [0.2, 0.25) is 5.91 Å². The average molecular weight is 972 g/mol. The van der Waals surface area contributed by atoms with Crippen LogP contribution in [0.5, 0.6) is 0 Å². The molecule has 1 amide bonds. The molecule has 68 heavy (non-hydrogen) atoms. The van der Waals surface area contributed by atoms with Gasteiger partial charge in [-0.15, -0.1) is 0 Å². The van der Waals surface area contributed by atoms with Crippen molar-refractivity contribution in [3.05, 3.63) is 24.3 Å². The number of carbonyl (C=O) groups is 1. The van der Waals surface area contributed by atoms with Crippen LogP contribution in [0, 0.1) is 0 Å². The first-order chi connectivity index (χ1) is 33.1. The van der Waals surface area contributed by atoms with Crippen LogP contribution >= 0.6 is 0 Å². The Morgan fingerprint density at radius 1 is 0.515 bits per heavy atom. The third-order valence-corrected chi connectivity index (χ3v) is 13.6. The fraction of sp³-hybridized carbons (Fsp3) is 0.907. The molecule has 2 fully saturated rings. The zero-order valence-corrected chi connectivity index (χ0v) is 42.6. The van der Waals surface area contributed by atoms with Crippen LogP contribution in [0.1, 0.15) is 219 Å². The van der Waals surface area contributed by atoms with E-state index in [0.717, 1.165) is 32.1 Å². The summed E-state index contributed by atoms with van der Waals surface area (Å²) in [5.74, 6) is -0.247. The molecular weight excluding hydrogens is 871 g/mol. The number of aliphatic hydroxyl groups is 8. The molecule has 0 aliphatic carbocycles. The molecule has 0 saturated carbocycles. The van der Waals surface area contributed by atoms with Crippen molar-refractivity contribution in [2.45, 2.75) is 293 Å². The quantitative estimate of drug-likeness (QED) is 0.0208. The minimum absolute atomic E-state index is 0.247. The number of hydrogen-bond acceptors (Lipinski definition) is 13. The van der Waals surface area contributed by atoms with Crippen LogP contribution in [0.25, 0.3) is 0 Å². The van der Waals surface area contributed by atoms with Crippen LogP contribution in [0.15, 0.2) is 24.3 Å². The van der Waals surface area contributed by atoms with E-state index in [1.807, 2.05) is 6.08 Å². The number of ether oxygens (including phenoxy) is 4. The van der Waals surface area contributed by atoms with Crippen molar-refractivity contribution in [2.75, 3.05) is 19.8 Å². The highest BCUT2D eigenvalue weighted by Gasteiger charge is 2.51. The molecule has 2 saturated heterocycles. The van der Waals surface area contributed by atoms with E-state index in [1.165, 1.54) is 154 Å². The number of carbonyl (C=O) groups excluding carboxylic acids is 1. The first kappa shape index (κ1) is 62.6.